The SMILES string of the molecule is O=C(COC(=O)Cc1ccc(Br)cc1)NCCC1=CCCCC1. The Bertz CT molecular complexity index is 566. The number of hydrogen-bond acceptors (Lipinski definition) is 3. The summed E-state index contributed by atoms with van der Waals surface area (Å²) in [5.74, 6) is -0.636. The van der Waals surface area contributed by atoms with Crippen molar-refractivity contribution < 1.29 is 14.3 Å². The van der Waals surface area contributed by atoms with Crippen LogP contribution in [-0.2, 0) is 20.7 Å². The first-order valence-electron chi connectivity index (χ1n) is 7.98. The minimum absolute atomic E-state index is 0.174. The highest BCUT2D eigenvalue weighted by atomic mass is 79.9. The van der Waals surface area contributed by atoms with Gasteiger partial charge in [-0.2, -0.15) is 0 Å². The molecule has 0 saturated carbocycles. The van der Waals surface area contributed by atoms with Crippen molar-refractivity contribution in [3.8, 4) is 0 Å². The average Bonchev–Trinajstić information content (AvgIpc) is 2.56. The van der Waals surface area contributed by atoms with Crippen molar-refractivity contribution in [2.45, 2.75) is 38.5 Å². The fourth-order valence-corrected chi connectivity index (χ4v) is 2.78. The van der Waals surface area contributed by atoms with Gasteiger partial charge in [-0.1, -0.05) is 39.7 Å². The molecule has 0 spiro atoms. The van der Waals surface area contributed by atoms with Crippen molar-refractivity contribution in [3.05, 3.63) is 46.0 Å². The molecule has 1 amide bonds. The summed E-state index contributed by atoms with van der Waals surface area (Å²) in [4.78, 5) is 23.4. The molecule has 0 unspecified atom stereocenters. The Hall–Kier alpha value is -1.62. The summed E-state index contributed by atoms with van der Waals surface area (Å²) in [6.45, 7) is 0.392. The molecule has 1 aromatic carbocycles. The Labute approximate surface area is 145 Å². The molecule has 0 radical (unpaired) electrons. The zero-order valence-electron chi connectivity index (χ0n) is 13.1. The monoisotopic (exact) mass is 379 g/mol. The molecule has 1 aromatic rings. The number of ether oxygens (including phenoxy) is 1. The van der Waals surface area contributed by atoms with Crippen LogP contribution in [0.1, 0.15) is 37.7 Å². The molecule has 1 N–H and O–H groups in total. The summed E-state index contributed by atoms with van der Waals surface area (Å²) in [5.41, 5.74) is 2.28. The van der Waals surface area contributed by atoms with E-state index in [4.69, 9.17) is 4.74 Å². The predicted octanol–water partition coefficient (Wildman–Crippen LogP) is 3.54. The van der Waals surface area contributed by atoms with Gasteiger partial charge in [0, 0.05) is 11.0 Å². The van der Waals surface area contributed by atoms with Crippen molar-refractivity contribution in [3.63, 3.8) is 0 Å². The second-order valence-electron chi connectivity index (χ2n) is 5.67. The number of rotatable bonds is 7. The van der Waals surface area contributed by atoms with Gasteiger partial charge in [0.05, 0.1) is 6.42 Å². The molecule has 1 aliphatic rings. The standard InChI is InChI=1S/C18H22BrNO3/c19-16-8-6-15(7-9-16)12-18(22)23-13-17(21)20-11-10-14-4-2-1-3-5-14/h4,6-9H,1-3,5,10-13H2,(H,20,21). The number of amides is 1. The van der Waals surface area contributed by atoms with E-state index in [2.05, 4.69) is 27.3 Å². The van der Waals surface area contributed by atoms with Crippen molar-refractivity contribution in [2.24, 2.45) is 0 Å². The van der Waals surface area contributed by atoms with E-state index in [-0.39, 0.29) is 18.9 Å². The van der Waals surface area contributed by atoms with Gasteiger partial charge in [-0.3, -0.25) is 9.59 Å². The van der Waals surface area contributed by atoms with Gasteiger partial charge in [0.1, 0.15) is 0 Å². The zero-order valence-corrected chi connectivity index (χ0v) is 14.7. The van der Waals surface area contributed by atoms with Crippen molar-refractivity contribution in [1.29, 1.82) is 0 Å². The minimum atomic E-state index is -0.391. The van der Waals surface area contributed by atoms with E-state index in [1.54, 1.807) is 0 Å². The highest BCUT2D eigenvalue weighted by Crippen LogP contribution is 2.19. The molecular formula is C18H22BrNO3. The average molecular weight is 380 g/mol. The third kappa shape index (κ3) is 6.99. The fourth-order valence-electron chi connectivity index (χ4n) is 2.51. The highest BCUT2D eigenvalue weighted by Gasteiger charge is 2.09. The van der Waals surface area contributed by atoms with Gasteiger partial charge in [0.25, 0.3) is 5.91 Å². The summed E-state index contributed by atoms with van der Waals surface area (Å²) >= 11 is 3.34. The van der Waals surface area contributed by atoms with Gasteiger partial charge in [-0.25, -0.2) is 0 Å². The molecule has 5 heteroatoms. The third-order valence-corrected chi connectivity index (χ3v) is 4.31. The van der Waals surface area contributed by atoms with Crippen LogP contribution in [-0.4, -0.2) is 25.0 Å². The van der Waals surface area contributed by atoms with Gasteiger partial charge >= 0.3 is 5.97 Å². The molecule has 0 aliphatic heterocycles. The highest BCUT2D eigenvalue weighted by molar-refractivity contribution is 9.10. The molecule has 4 nitrogen and oxygen atoms in total. The molecule has 0 atom stereocenters. The lowest BCUT2D eigenvalue weighted by atomic mass is 9.97. The van der Waals surface area contributed by atoms with E-state index in [1.807, 2.05) is 24.3 Å². The molecule has 0 aromatic heterocycles. The number of nitrogens with one attached hydrogen (secondary N) is 1. The lowest BCUT2D eigenvalue weighted by molar-refractivity contribution is -0.147. The molecule has 1 aliphatic carbocycles. The van der Waals surface area contributed by atoms with Crippen LogP contribution in [0, 0.1) is 0 Å². The Kier molecular flexibility index (Phi) is 7.33. The minimum Gasteiger partial charge on any atom is -0.455 e. The lowest BCUT2D eigenvalue weighted by Crippen LogP contribution is -2.30. The van der Waals surface area contributed by atoms with E-state index >= 15 is 0 Å². The molecule has 0 fully saturated rings. The normalized spacial score (nSPS) is 14.0. The molecule has 2 rings (SSSR count). The summed E-state index contributed by atoms with van der Waals surface area (Å²) in [6.07, 6.45) is 8.13. The first kappa shape index (κ1) is 17.7. The van der Waals surface area contributed by atoms with Gasteiger partial charge in [0.15, 0.2) is 6.61 Å². The van der Waals surface area contributed by atoms with Gasteiger partial charge < -0.3 is 10.1 Å². The van der Waals surface area contributed by atoms with Crippen molar-refractivity contribution in [2.75, 3.05) is 13.2 Å². The van der Waals surface area contributed by atoms with Crippen LogP contribution in [0.3, 0.4) is 0 Å². The number of carbonyl (C=O) groups is 2. The van der Waals surface area contributed by atoms with E-state index < -0.39 is 5.97 Å². The summed E-state index contributed by atoms with van der Waals surface area (Å²) < 4.78 is 5.96. The van der Waals surface area contributed by atoms with Crippen LogP contribution in [0.2, 0.25) is 0 Å². The number of esters is 1. The number of allylic oxidation sites excluding steroid dienone is 1. The fraction of sp³-hybridized carbons (Fsp3) is 0.444. The Morgan fingerprint density at radius 3 is 2.65 bits per heavy atom. The smallest absolute Gasteiger partial charge is 0.310 e. The number of hydrogen-bond donors (Lipinski definition) is 1. The maximum Gasteiger partial charge on any atom is 0.310 e. The Morgan fingerprint density at radius 1 is 1.17 bits per heavy atom. The second-order valence-corrected chi connectivity index (χ2v) is 6.59. The second kappa shape index (κ2) is 9.50. The van der Waals surface area contributed by atoms with Gasteiger partial charge in [-0.05, 0) is 49.8 Å². The van der Waals surface area contributed by atoms with E-state index in [0.29, 0.717) is 6.54 Å². The molecular weight excluding hydrogens is 358 g/mol. The maximum absolute atomic E-state index is 11.7. The van der Waals surface area contributed by atoms with Gasteiger partial charge in [0.2, 0.25) is 0 Å². The van der Waals surface area contributed by atoms with E-state index in [1.165, 1.54) is 18.4 Å². The van der Waals surface area contributed by atoms with E-state index in [0.717, 1.165) is 29.3 Å². The van der Waals surface area contributed by atoms with Crippen LogP contribution >= 0.6 is 15.9 Å². The predicted molar refractivity (Wildman–Crippen MR) is 93.0 cm³/mol. The molecule has 0 bridgehead atoms. The lowest BCUT2D eigenvalue weighted by Gasteiger charge is -2.13. The number of benzene rings is 1. The zero-order chi connectivity index (χ0) is 16.5. The molecule has 23 heavy (non-hydrogen) atoms. The van der Waals surface area contributed by atoms with Crippen LogP contribution in [0.4, 0.5) is 0 Å². The topological polar surface area (TPSA) is 55.4 Å². The maximum atomic E-state index is 11.7. The first-order chi connectivity index (χ1) is 11.1. The van der Waals surface area contributed by atoms with Gasteiger partial charge in [-0.15, -0.1) is 0 Å². The molecule has 0 saturated heterocycles. The summed E-state index contributed by atoms with van der Waals surface area (Å²) in [7, 11) is 0. The Balaban J connectivity index is 1.60. The Morgan fingerprint density at radius 2 is 1.96 bits per heavy atom. The van der Waals surface area contributed by atoms with Crippen LogP contribution in [0.15, 0.2) is 40.4 Å². The van der Waals surface area contributed by atoms with Crippen LogP contribution in [0.25, 0.3) is 0 Å². The quantitative estimate of drug-likeness (QED) is 0.582. The third-order valence-electron chi connectivity index (χ3n) is 3.78. The van der Waals surface area contributed by atoms with E-state index in [9.17, 15) is 9.59 Å². The van der Waals surface area contributed by atoms with Crippen LogP contribution in [0.5, 0.6) is 0 Å². The van der Waals surface area contributed by atoms with Crippen molar-refractivity contribution >= 4 is 27.8 Å². The van der Waals surface area contributed by atoms with Crippen LogP contribution < -0.4 is 5.32 Å². The van der Waals surface area contributed by atoms with Crippen molar-refractivity contribution in [1.82, 2.24) is 5.32 Å². The summed E-state index contributed by atoms with van der Waals surface area (Å²) in [5, 5.41) is 2.79. The number of halogens is 1. The largest absolute Gasteiger partial charge is 0.455 e. The first-order valence-corrected chi connectivity index (χ1v) is 8.77. The summed E-state index contributed by atoms with van der Waals surface area (Å²) in [6, 6.07) is 7.44. The number of carbonyl (C=O) groups excluding carboxylic acids is 2. The molecule has 0 heterocycles. The molecule has 124 valence electrons.